The number of aromatic nitrogens is 2. The molecule has 2 N–H and O–H groups in total. The summed E-state index contributed by atoms with van der Waals surface area (Å²) in [5.74, 6) is 1.41. The lowest BCUT2D eigenvalue weighted by atomic mass is 9.89. The van der Waals surface area contributed by atoms with Crippen LogP contribution in [0.2, 0.25) is 0 Å². The molecule has 6 nitrogen and oxygen atoms in total. The molecule has 1 aliphatic carbocycles. The molecule has 0 bridgehead atoms. The molecule has 0 saturated carbocycles. The van der Waals surface area contributed by atoms with Gasteiger partial charge in [-0.05, 0) is 37.7 Å². The Hall–Kier alpha value is -1.73. The fourth-order valence-electron chi connectivity index (χ4n) is 4.41. The van der Waals surface area contributed by atoms with E-state index in [0.717, 1.165) is 61.2 Å². The van der Waals surface area contributed by atoms with Gasteiger partial charge in [-0.15, -0.1) is 11.3 Å². The Morgan fingerprint density at radius 3 is 2.85 bits per heavy atom. The first kappa shape index (κ1) is 18.6. The number of fused-ring (bicyclic) bond motifs is 3. The van der Waals surface area contributed by atoms with Crippen LogP contribution in [-0.4, -0.2) is 35.6 Å². The van der Waals surface area contributed by atoms with Crippen molar-refractivity contribution in [3.63, 3.8) is 0 Å². The van der Waals surface area contributed by atoms with Crippen LogP contribution in [0.5, 0.6) is 0 Å². The number of carbonyl (C=O) groups is 1. The van der Waals surface area contributed by atoms with Crippen LogP contribution in [0.1, 0.15) is 49.4 Å². The number of piperidine rings is 1. The second-order valence-corrected chi connectivity index (χ2v) is 9.08. The highest BCUT2D eigenvalue weighted by Gasteiger charge is 2.29. The zero-order valence-corrected chi connectivity index (χ0v) is 16.9. The maximum absolute atomic E-state index is 12.7. The number of rotatable bonds is 4. The molecule has 0 spiro atoms. The van der Waals surface area contributed by atoms with Gasteiger partial charge in [0.2, 0.25) is 0 Å². The predicted octanol–water partition coefficient (Wildman–Crippen LogP) is 1.47. The van der Waals surface area contributed by atoms with Gasteiger partial charge in [0.15, 0.2) is 5.82 Å². The molecule has 0 amide bonds. The van der Waals surface area contributed by atoms with Gasteiger partial charge in [-0.2, -0.15) is 0 Å². The van der Waals surface area contributed by atoms with Crippen LogP contribution in [0.15, 0.2) is 4.79 Å². The Bertz CT molecular complexity index is 896. The number of quaternary nitrogens is 1. The minimum absolute atomic E-state index is 0.0165. The molecule has 1 atom stereocenters. The summed E-state index contributed by atoms with van der Waals surface area (Å²) < 4.78 is 5.14. The lowest BCUT2D eigenvalue weighted by molar-refractivity contribution is -0.920. The zero-order valence-electron chi connectivity index (χ0n) is 16.1. The van der Waals surface area contributed by atoms with Crippen molar-refractivity contribution in [2.75, 3.05) is 19.7 Å². The summed E-state index contributed by atoms with van der Waals surface area (Å²) in [6.45, 7) is 7.09. The van der Waals surface area contributed by atoms with Gasteiger partial charge in [-0.3, -0.25) is 9.59 Å². The minimum Gasteiger partial charge on any atom is -0.466 e. The second kappa shape index (κ2) is 7.72. The number of thiophene rings is 1. The number of likely N-dealkylation sites (tertiary alicyclic amines) is 1. The van der Waals surface area contributed by atoms with E-state index in [1.54, 1.807) is 11.3 Å². The standard InChI is InChI=1S/C20H27N3O3S/c1-3-26-20(25)13-6-8-23(9-7-13)11-16-21-18(24)17-14-5-4-12(2)10-15(14)27-19(17)22-16/h12-13H,3-11H2,1-2H3,(H,21,22,24)/p+1/t12-/m1/s1. The lowest BCUT2D eigenvalue weighted by Crippen LogP contribution is -3.12. The summed E-state index contributed by atoms with van der Waals surface area (Å²) >= 11 is 1.70. The monoisotopic (exact) mass is 390 g/mol. The Morgan fingerprint density at radius 2 is 2.11 bits per heavy atom. The maximum Gasteiger partial charge on any atom is 0.309 e. The predicted molar refractivity (Wildman–Crippen MR) is 105 cm³/mol. The highest BCUT2D eigenvalue weighted by molar-refractivity contribution is 7.18. The van der Waals surface area contributed by atoms with E-state index in [-0.39, 0.29) is 17.4 Å². The number of ether oxygens (including phenoxy) is 1. The Balaban J connectivity index is 1.47. The molecule has 1 fully saturated rings. The van der Waals surface area contributed by atoms with Crippen molar-refractivity contribution in [1.29, 1.82) is 0 Å². The van der Waals surface area contributed by atoms with Crippen LogP contribution in [0, 0.1) is 11.8 Å². The van der Waals surface area contributed by atoms with Crippen molar-refractivity contribution < 1.29 is 14.4 Å². The maximum atomic E-state index is 12.7. The fourth-order valence-corrected chi connectivity index (χ4v) is 5.81. The number of aryl methyl sites for hydroxylation is 1. The molecular formula is C20H28N3O3S+. The number of esters is 1. The molecule has 2 aromatic heterocycles. The number of nitrogens with one attached hydrogen (secondary N) is 2. The van der Waals surface area contributed by atoms with Gasteiger partial charge in [0, 0.05) is 17.7 Å². The molecule has 0 aromatic carbocycles. The first-order chi connectivity index (χ1) is 13.0. The zero-order chi connectivity index (χ0) is 19.0. The van der Waals surface area contributed by atoms with Crippen molar-refractivity contribution in [3.8, 4) is 0 Å². The van der Waals surface area contributed by atoms with E-state index in [1.165, 1.54) is 15.3 Å². The SMILES string of the molecule is CCOC(=O)C1CC[NH+](Cc2nc3sc4c(c3c(=O)[nH]2)CC[C@@H](C)C4)CC1. The van der Waals surface area contributed by atoms with E-state index in [2.05, 4.69) is 11.9 Å². The summed E-state index contributed by atoms with van der Waals surface area (Å²) in [5.41, 5.74) is 1.25. The summed E-state index contributed by atoms with van der Waals surface area (Å²) in [6.07, 6.45) is 4.89. The molecule has 7 heteroatoms. The Labute approximate surface area is 162 Å². The van der Waals surface area contributed by atoms with E-state index in [1.807, 2.05) is 6.92 Å². The van der Waals surface area contributed by atoms with Crippen molar-refractivity contribution in [2.24, 2.45) is 11.8 Å². The lowest BCUT2D eigenvalue weighted by Gasteiger charge is -2.27. The van der Waals surface area contributed by atoms with Crippen molar-refractivity contribution in [2.45, 2.75) is 52.5 Å². The molecule has 2 aromatic rings. The molecule has 1 aliphatic heterocycles. The smallest absolute Gasteiger partial charge is 0.309 e. The normalized spacial score (nSPS) is 25.3. The second-order valence-electron chi connectivity index (χ2n) is 8.00. The summed E-state index contributed by atoms with van der Waals surface area (Å²) in [6, 6.07) is 0. The van der Waals surface area contributed by atoms with Gasteiger partial charge in [0.25, 0.3) is 5.56 Å². The number of carbonyl (C=O) groups excluding carboxylic acids is 1. The fraction of sp³-hybridized carbons (Fsp3) is 0.650. The van der Waals surface area contributed by atoms with Crippen molar-refractivity contribution in [1.82, 2.24) is 9.97 Å². The number of nitrogens with zero attached hydrogens (tertiary/aromatic N) is 1. The molecule has 1 saturated heterocycles. The molecule has 4 rings (SSSR count). The third-order valence-corrected chi connectivity index (χ3v) is 7.09. The van der Waals surface area contributed by atoms with Gasteiger partial charge < -0.3 is 14.6 Å². The molecule has 0 unspecified atom stereocenters. The van der Waals surface area contributed by atoms with Gasteiger partial charge in [0.1, 0.15) is 11.4 Å². The van der Waals surface area contributed by atoms with Gasteiger partial charge >= 0.3 is 5.97 Å². The molecule has 27 heavy (non-hydrogen) atoms. The summed E-state index contributed by atoms with van der Waals surface area (Å²) in [7, 11) is 0. The quantitative estimate of drug-likeness (QED) is 0.775. The molecular weight excluding hydrogens is 362 g/mol. The van der Waals surface area contributed by atoms with Crippen LogP contribution in [-0.2, 0) is 28.9 Å². The number of aromatic amines is 1. The van der Waals surface area contributed by atoms with Crippen LogP contribution in [0.3, 0.4) is 0 Å². The van der Waals surface area contributed by atoms with Gasteiger partial charge in [0.05, 0.1) is 31.0 Å². The number of H-pyrrole nitrogens is 1. The Kier molecular flexibility index (Phi) is 5.32. The van der Waals surface area contributed by atoms with Crippen LogP contribution >= 0.6 is 11.3 Å². The number of hydrogen-bond acceptors (Lipinski definition) is 5. The average molecular weight is 391 g/mol. The molecule has 146 valence electrons. The van der Waals surface area contributed by atoms with Crippen LogP contribution < -0.4 is 10.5 Å². The third kappa shape index (κ3) is 3.80. The Morgan fingerprint density at radius 1 is 1.33 bits per heavy atom. The third-order valence-electron chi connectivity index (χ3n) is 5.94. The van der Waals surface area contributed by atoms with Gasteiger partial charge in [-0.1, -0.05) is 6.92 Å². The van der Waals surface area contributed by atoms with E-state index in [4.69, 9.17) is 9.72 Å². The van der Waals surface area contributed by atoms with E-state index >= 15 is 0 Å². The van der Waals surface area contributed by atoms with Crippen molar-refractivity contribution in [3.05, 3.63) is 26.6 Å². The van der Waals surface area contributed by atoms with E-state index in [9.17, 15) is 9.59 Å². The largest absolute Gasteiger partial charge is 0.466 e. The molecule has 0 radical (unpaired) electrons. The van der Waals surface area contributed by atoms with E-state index in [0.29, 0.717) is 19.1 Å². The van der Waals surface area contributed by atoms with Crippen molar-refractivity contribution >= 4 is 27.5 Å². The summed E-state index contributed by atoms with van der Waals surface area (Å²) in [5, 5.41) is 0.821. The minimum atomic E-state index is -0.0668. The molecule has 3 heterocycles. The van der Waals surface area contributed by atoms with Crippen LogP contribution in [0.4, 0.5) is 0 Å². The van der Waals surface area contributed by atoms with E-state index < -0.39 is 0 Å². The first-order valence-corrected chi connectivity index (χ1v) is 10.9. The van der Waals surface area contributed by atoms with Gasteiger partial charge in [-0.25, -0.2) is 4.98 Å². The first-order valence-electron chi connectivity index (χ1n) is 10.1. The average Bonchev–Trinajstić information content (AvgIpc) is 3.00. The highest BCUT2D eigenvalue weighted by atomic mass is 32.1. The topological polar surface area (TPSA) is 76.5 Å². The number of hydrogen-bond donors (Lipinski definition) is 2. The van der Waals surface area contributed by atoms with Crippen LogP contribution in [0.25, 0.3) is 10.2 Å². The summed E-state index contributed by atoms with van der Waals surface area (Å²) in [4.78, 5) is 36.0. The highest BCUT2D eigenvalue weighted by Crippen LogP contribution is 2.35. The molecule has 2 aliphatic rings.